The average molecular weight is 376 g/mol. The molecule has 26 heavy (non-hydrogen) atoms. The zero-order valence-corrected chi connectivity index (χ0v) is 15.4. The minimum atomic E-state index is -0.274. The molecular formula is C18H22ClN5O2. The van der Waals surface area contributed by atoms with Crippen LogP contribution in [0.3, 0.4) is 0 Å². The van der Waals surface area contributed by atoms with Gasteiger partial charge in [-0.2, -0.15) is 0 Å². The van der Waals surface area contributed by atoms with Crippen LogP contribution < -0.4 is 10.6 Å². The molecule has 0 bridgehead atoms. The van der Waals surface area contributed by atoms with Gasteiger partial charge in [-0.05, 0) is 36.8 Å². The number of pyridine rings is 2. The molecule has 1 saturated heterocycles. The fourth-order valence-electron chi connectivity index (χ4n) is 2.95. The van der Waals surface area contributed by atoms with E-state index in [1.165, 1.54) is 0 Å². The van der Waals surface area contributed by atoms with Crippen LogP contribution in [0.25, 0.3) is 0 Å². The number of ether oxygens (including phenoxy) is 1. The van der Waals surface area contributed by atoms with Gasteiger partial charge in [-0.3, -0.25) is 9.88 Å². The Morgan fingerprint density at radius 1 is 1.27 bits per heavy atom. The highest BCUT2D eigenvalue weighted by Crippen LogP contribution is 2.21. The number of aryl methyl sites for hydroxylation is 1. The fourth-order valence-corrected chi connectivity index (χ4v) is 3.14. The Bertz CT molecular complexity index is 738. The monoisotopic (exact) mass is 375 g/mol. The maximum atomic E-state index is 12.3. The number of morpholine rings is 1. The Kier molecular flexibility index (Phi) is 6.38. The Morgan fingerprint density at radius 2 is 2.00 bits per heavy atom. The number of hydrogen-bond acceptors (Lipinski definition) is 5. The van der Waals surface area contributed by atoms with E-state index in [9.17, 15) is 4.79 Å². The molecule has 2 N–H and O–H groups in total. The molecule has 0 aliphatic carbocycles. The van der Waals surface area contributed by atoms with Gasteiger partial charge in [-0.1, -0.05) is 11.6 Å². The lowest BCUT2D eigenvalue weighted by molar-refractivity contribution is 0.0167. The number of aromatic nitrogens is 2. The lowest BCUT2D eigenvalue weighted by Gasteiger charge is -2.34. The first-order valence-corrected chi connectivity index (χ1v) is 8.91. The van der Waals surface area contributed by atoms with E-state index in [0.717, 1.165) is 18.7 Å². The summed E-state index contributed by atoms with van der Waals surface area (Å²) in [7, 11) is 0. The Morgan fingerprint density at radius 3 is 2.69 bits per heavy atom. The van der Waals surface area contributed by atoms with Crippen LogP contribution in [0, 0.1) is 6.92 Å². The van der Waals surface area contributed by atoms with Gasteiger partial charge in [0.1, 0.15) is 5.15 Å². The molecule has 7 nitrogen and oxygen atoms in total. The minimum Gasteiger partial charge on any atom is -0.379 e. The van der Waals surface area contributed by atoms with Crippen LogP contribution in [-0.2, 0) is 4.74 Å². The number of nitrogens with zero attached hydrogens (tertiary/aromatic N) is 3. The largest absolute Gasteiger partial charge is 0.379 e. The molecule has 0 aromatic carbocycles. The summed E-state index contributed by atoms with van der Waals surface area (Å²) in [5, 5.41) is 6.18. The van der Waals surface area contributed by atoms with E-state index in [2.05, 4.69) is 25.5 Å². The van der Waals surface area contributed by atoms with Gasteiger partial charge in [0.05, 0.1) is 30.6 Å². The molecule has 1 aliphatic rings. The third-order valence-electron chi connectivity index (χ3n) is 4.33. The number of anilines is 1. The number of rotatable bonds is 5. The summed E-state index contributed by atoms with van der Waals surface area (Å²) in [5.41, 5.74) is 2.43. The molecule has 2 amide bonds. The lowest BCUT2D eigenvalue weighted by Crippen LogP contribution is -2.44. The maximum Gasteiger partial charge on any atom is 0.319 e. The molecule has 0 saturated carbocycles. The third-order valence-corrected chi connectivity index (χ3v) is 4.54. The zero-order chi connectivity index (χ0) is 18.4. The molecule has 2 aromatic heterocycles. The molecule has 0 spiro atoms. The van der Waals surface area contributed by atoms with Crippen molar-refractivity contribution in [1.82, 2.24) is 20.2 Å². The second-order valence-electron chi connectivity index (χ2n) is 6.05. The topological polar surface area (TPSA) is 79.4 Å². The molecule has 1 aliphatic heterocycles. The first-order valence-electron chi connectivity index (χ1n) is 8.53. The van der Waals surface area contributed by atoms with E-state index >= 15 is 0 Å². The van der Waals surface area contributed by atoms with E-state index in [-0.39, 0.29) is 12.1 Å². The number of nitrogens with one attached hydrogen (secondary N) is 2. The van der Waals surface area contributed by atoms with Gasteiger partial charge < -0.3 is 15.4 Å². The predicted molar refractivity (Wildman–Crippen MR) is 100 cm³/mol. The van der Waals surface area contributed by atoms with Crippen molar-refractivity contribution in [2.75, 3.05) is 38.2 Å². The molecule has 1 atom stereocenters. The highest BCUT2D eigenvalue weighted by molar-refractivity contribution is 6.29. The molecule has 0 unspecified atom stereocenters. The molecule has 0 radical (unpaired) electrons. The number of hydrogen-bond donors (Lipinski definition) is 2. The summed E-state index contributed by atoms with van der Waals surface area (Å²) in [6, 6.07) is 7.14. The summed E-state index contributed by atoms with van der Waals surface area (Å²) in [5.74, 6) is 0. The second kappa shape index (κ2) is 8.93. The van der Waals surface area contributed by atoms with Crippen molar-refractivity contribution in [1.29, 1.82) is 0 Å². The van der Waals surface area contributed by atoms with Crippen molar-refractivity contribution < 1.29 is 9.53 Å². The van der Waals surface area contributed by atoms with Crippen molar-refractivity contribution in [2.45, 2.75) is 13.0 Å². The second-order valence-corrected chi connectivity index (χ2v) is 6.43. The highest BCUT2D eigenvalue weighted by atomic mass is 35.5. The van der Waals surface area contributed by atoms with Crippen molar-refractivity contribution in [3.63, 3.8) is 0 Å². The van der Waals surface area contributed by atoms with Crippen LogP contribution in [0.15, 0.2) is 36.7 Å². The summed E-state index contributed by atoms with van der Waals surface area (Å²) < 4.78 is 5.44. The lowest BCUT2D eigenvalue weighted by atomic mass is 10.1. The summed E-state index contributed by atoms with van der Waals surface area (Å²) in [6.07, 6.45) is 3.54. The van der Waals surface area contributed by atoms with E-state index in [0.29, 0.717) is 36.3 Å². The number of carbonyl (C=O) groups excluding carboxylic acids is 1. The van der Waals surface area contributed by atoms with Crippen LogP contribution in [0.4, 0.5) is 10.5 Å². The first kappa shape index (κ1) is 18.6. The molecule has 8 heteroatoms. The Labute approximate surface area is 157 Å². The molecule has 3 rings (SSSR count). The number of amides is 2. The van der Waals surface area contributed by atoms with E-state index < -0.39 is 0 Å². The van der Waals surface area contributed by atoms with E-state index in [4.69, 9.17) is 16.3 Å². The quantitative estimate of drug-likeness (QED) is 0.785. The van der Waals surface area contributed by atoms with E-state index in [1.54, 1.807) is 31.5 Å². The van der Waals surface area contributed by atoms with Gasteiger partial charge in [0.2, 0.25) is 0 Å². The van der Waals surface area contributed by atoms with Gasteiger partial charge in [-0.15, -0.1) is 0 Å². The number of urea groups is 1. The van der Waals surface area contributed by atoms with Gasteiger partial charge in [0.25, 0.3) is 0 Å². The number of halogens is 1. The van der Waals surface area contributed by atoms with Crippen molar-refractivity contribution in [2.24, 2.45) is 0 Å². The van der Waals surface area contributed by atoms with E-state index in [1.807, 2.05) is 12.1 Å². The predicted octanol–water partition coefficient (Wildman–Crippen LogP) is 2.63. The molecule has 3 heterocycles. The van der Waals surface area contributed by atoms with Gasteiger partial charge in [0, 0.05) is 32.0 Å². The number of carbonyl (C=O) groups is 1. The molecule has 2 aromatic rings. The molecule has 1 fully saturated rings. The van der Waals surface area contributed by atoms with Crippen molar-refractivity contribution in [3.8, 4) is 0 Å². The van der Waals surface area contributed by atoms with Crippen LogP contribution in [0.2, 0.25) is 5.15 Å². The summed E-state index contributed by atoms with van der Waals surface area (Å²) in [4.78, 5) is 22.9. The van der Waals surface area contributed by atoms with Crippen LogP contribution in [0.5, 0.6) is 0 Å². The standard InChI is InChI=1S/C18H22ClN5O2/c1-13-15(2-3-17(19)22-13)23-18(25)21-12-16(14-4-6-20-7-5-14)24-8-10-26-11-9-24/h2-7,16H,8-12H2,1H3,(H2,21,23,25)/t16-/m0/s1. The Balaban J connectivity index is 1.64. The maximum absolute atomic E-state index is 12.3. The SMILES string of the molecule is Cc1nc(Cl)ccc1NC(=O)NC[C@@H](c1ccncc1)N1CCOCC1. The summed E-state index contributed by atoms with van der Waals surface area (Å²) in [6.45, 7) is 5.34. The smallest absolute Gasteiger partial charge is 0.319 e. The minimum absolute atomic E-state index is 0.0667. The summed E-state index contributed by atoms with van der Waals surface area (Å²) >= 11 is 5.85. The van der Waals surface area contributed by atoms with Crippen molar-refractivity contribution in [3.05, 3.63) is 53.1 Å². The normalized spacial score (nSPS) is 16.1. The average Bonchev–Trinajstić information content (AvgIpc) is 2.66. The molecule has 138 valence electrons. The van der Waals surface area contributed by atoms with Crippen LogP contribution in [0.1, 0.15) is 17.3 Å². The fraction of sp³-hybridized carbons (Fsp3) is 0.389. The highest BCUT2D eigenvalue weighted by Gasteiger charge is 2.23. The third kappa shape index (κ3) is 4.91. The van der Waals surface area contributed by atoms with Gasteiger partial charge in [0.15, 0.2) is 0 Å². The van der Waals surface area contributed by atoms with Gasteiger partial charge in [-0.25, -0.2) is 9.78 Å². The molecular weight excluding hydrogens is 354 g/mol. The first-order chi connectivity index (χ1) is 12.6. The van der Waals surface area contributed by atoms with Crippen LogP contribution >= 0.6 is 11.6 Å². The van der Waals surface area contributed by atoms with Crippen molar-refractivity contribution >= 4 is 23.3 Å². The van der Waals surface area contributed by atoms with Crippen LogP contribution in [-0.4, -0.2) is 53.7 Å². The van der Waals surface area contributed by atoms with Gasteiger partial charge >= 0.3 is 6.03 Å². The Hall–Kier alpha value is -2.22. The zero-order valence-electron chi connectivity index (χ0n) is 14.6.